The van der Waals surface area contributed by atoms with Crippen LogP contribution in [0.3, 0.4) is 0 Å². The van der Waals surface area contributed by atoms with E-state index in [2.05, 4.69) is 24.3 Å². The summed E-state index contributed by atoms with van der Waals surface area (Å²) in [6.07, 6.45) is 10.6. The molecule has 4 rings (SSSR count). The number of aliphatic imine (C=N–C) groups is 1. The topological polar surface area (TPSA) is 41.9 Å². The third kappa shape index (κ3) is 4.86. The van der Waals surface area contributed by atoms with Gasteiger partial charge in [0.1, 0.15) is 0 Å². The smallest absolute Gasteiger partial charge is 0.409 e. The molecule has 1 aliphatic carbocycles. The SMILES string of the molecule is CC.CCOC(=O)N1CCC(=C2C3=NC=CCC=C3CCc3cc(Cl)ccc32)CC1. The number of hydrogen-bond donors (Lipinski definition) is 0. The molecule has 0 unspecified atom stereocenters. The maximum Gasteiger partial charge on any atom is 0.409 e. The van der Waals surface area contributed by atoms with Crippen LogP contribution in [0.4, 0.5) is 4.79 Å². The van der Waals surface area contributed by atoms with Crippen molar-refractivity contribution in [3.05, 3.63) is 63.8 Å². The number of carbonyl (C=O) groups excluding carboxylic acids is 1. The molecule has 2 heterocycles. The van der Waals surface area contributed by atoms with Crippen molar-refractivity contribution >= 4 is 29.0 Å². The first kappa shape index (κ1) is 22.4. The molecule has 1 aromatic carbocycles. The third-order valence-corrected chi connectivity index (χ3v) is 5.83. The molecular weight excluding hydrogens is 396 g/mol. The number of amides is 1. The lowest BCUT2D eigenvalue weighted by atomic mass is 9.87. The number of nitrogens with zero attached hydrogens (tertiary/aromatic N) is 2. The largest absolute Gasteiger partial charge is 0.450 e. The Hall–Kier alpha value is -2.33. The number of ether oxygens (including phenoxy) is 1. The van der Waals surface area contributed by atoms with Gasteiger partial charge in [-0.25, -0.2) is 4.79 Å². The van der Waals surface area contributed by atoms with Crippen molar-refractivity contribution in [3.8, 4) is 0 Å². The van der Waals surface area contributed by atoms with E-state index in [1.165, 1.54) is 27.8 Å². The van der Waals surface area contributed by atoms with Gasteiger partial charge < -0.3 is 9.64 Å². The van der Waals surface area contributed by atoms with E-state index in [9.17, 15) is 4.79 Å². The summed E-state index contributed by atoms with van der Waals surface area (Å²) < 4.78 is 5.17. The minimum Gasteiger partial charge on any atom is -0.450 e. The minimum atomic E-state index is -0.213. The Morgan fingerprint density at radius 3 is 2.67 bits per heavy atom. The second kappa shape index (κ2) is 10.6. The molecule has 0 saturated carbocycles. The quantitative estimate of drug-likeness (QED) is 0.507. The Balaban J connectivity index is 0.00000124. The van der Waals surface area contributed by atoms with Crippen molar-refractivity contribution in [3.63, 3.8) is 0 Å². The molecule has 0 bridgehead atoms. The number of carbonyl (C=O) groups is 1. The van der Waals surface area contributed by atoms with Crippen LogP contribution < -0.4 is 0 Å². The van der Waals surface area contributed by atoms with E-state index >= 15 is 0 Å². The van der Waals surface area contributed by atoms with Crippen LogP contribution in [0.15, 0.2) is 52.7 Å². The van der Waals surface area contributed by atoms with Crippen molar-refractivity contribution in [2.75, 3.05) is 19.7 Å². The summed E-state index contributed by atoms with van der Waals surface area (Å²) in [6.45, 7) is 7.62. The molecule has 30 heavy (non-hydrogen) atoms. The molecule has 1 fully saturated rings. The van der Waals surface area contributed by atoms with E-state index in [0.29, 0.717) is 19.7 Å². The summed E-state index contributed by atoms with van der Waals surface area (Å²) in [5, 5.41) is 0.776. The van der Waals surface area contributed by atoms with Crippen LogP contribution in [0.5, 0.6) is 0 Å². The lowest BCUT2D eigenvalue weighted by Crippen LogP contribution is -2.37. The number of piperidine rings is 1. The normalized spacial score (nSPS) is 18.1. The van der Waals surface area contributed by atoms with Gasteiger partial charge in [-0.15, -0.1) is 0 Å². The van der Waals surface area contributed by atoms with Crippen LogP contribution in [0.25, 0.3) is 5.57 Å². The molecule has 0 atom stereocenters. The summed E-state index contributed by atoms with van der Waals surface area (Å²) in [6, 6.07) is 6.20. The van der Waals surface area contributed by atoms with E-state index in [-0.39, 0.29) is 6.09 Å². The number of allylic oxidation sites excluding steroid dienone is 4. The standard InChI is InChI=1S/C23H25ClN2O2.C2H6/c1-2-28-23(27)26-13-10-16(11-14-26)21-20-9-8-19(24)15-18(20)7-6-17-5-3-4-12-25-22(17)21;1-2/h4-5,8-9,12,15H,2-3,6-7,10-11,13-14H2,1H3;1-2H3. The number of rotatable bonds is 1. The van der Waals surface area contributed by atoms with Gasteiger partial charge in [-0.1, -0.05) is 49.2 Å². The first-order chi connectivity index (χ1) is 14.7. The number of halogens is 1. The van der Waals surface area contributed by atoms with Crippen molar-refractivity contribution in [2.45, 2.75) is 52.9 Å². The summed E-state index contributed by atoms with van der Waals surface area (Å²) in [5.74, 6) is 0. The third-order valence-electron chi connectivity index (χ3n) is 5.60. The molecule has 160 valence electrons. The Bertz CT molecular complexity index is 902. The van der Waals surface area contributed by atoms with Gasteiger partial charge in [0.05, 0.1) is 12.3 Å². The maximum absolute atomic E-state index is 12.1. The lowest BCUT2D eigenvalue weighted by molar-refractivity contribution is 0.104. The Kier molecular flexibility index (Phi) is 7.92. The highest BCUT2D eigenvalue weighted by Crippen LogP contribution is 2.38. The van der Waals surface area contributed by atoms with Crippen LogP contribution in [-0.2, 0) is 11.2 Å². The number of fused-ring (bicyclic) bond motifs is 2. The van der Waals surface area contributed by atoms with Crippen molar-refractivity contribution < 1.29 is 9.53 Å². The van der Waals surface area contributed by atoms with Crippen LogP contribution in [-0.4, -0.2) is 36.4 Å². The van der Waals surface area contributed by atoms with Gasteiger partial charge in [-0.2, -0.15) is 0 Å². The molecule has 1 aromatic rings. The molecule has 2 aliphatic heterocycles. The van der Waals surface area contributed by atoms with Gasteiger partial charge in [0.25, 0.3) is 0 Å². The minimum absolute atomic E-state index is 0.213. The molecule has 1 saturated heterocycles. The highest BCUT2D eigenvalue weighted by molar-refractivity contribution is 6.34. The van der Waals surface area contributed by atoms with Gasteiger partial charge >= 0.3 is 6.09 Å². The second-order valence-corrected chi connectivity index (χ2v) is 7.73. The van der Waals surface area contributed by atoms with Crippen LogP contribution >= 0.6 is 11.6 Å². The Morgan fingerprint density at radius 2 is 1.93 bits per heavy atom. The number of benzene rings is 1. The highest BCUT2D eigenvalue weighted by Gasteiger charge is 2.28. The molecule has 1 amide bonds. The molecule has 0 spiro atoms. The summed E-state index contributed by atoms with van der Waals surface area (Å²) in [7, 11) is 0. The van der Waals surface area contributed by atoms with E-state index in [1.54, 1.807) is 4.90 Å². The molecule has 0 aromatic heterocycles. The van der Waals surface area contributed by atoms with Gasteiger partial charge in [-0.05, 0) is 67.9 Å². The summed E-state index contributed by atoms with van der Waals surface area (Å²) in [5.41, 5.74) is 7.53. The van der Waals surface area contributed by atoms with Crippen molar-refractivity contribution in [1.82, 2.24) is 4.90 Å². The Morgan fingerprint density at radius 1 is 1.17 bits per heavy atom. The first-order valence-corrected chi connectivity index (χ1v) is 11.4. The fourth-order valence-electron chi connectivity index (χ4n) is 4.22. The van der Waals surface area contributed by atoms with Gasteiger partial charge in [-0.3, -0.25) is 4.99 Å². The first-order valence-electron chi connectivity index (χ1n) is 11.0. The molecule has 0 radical (unpaired) electrons. The zero-order chi connectivity index (χ0) is 21.5. The van der Waals surface area contributed by atoms with Crippen molar-refractivity contribution in [1.29, 1.82) is 0 Å². The lowest BCUT2D eigenvalue weighted by Gasteiger charge is -2.29. The zero-order valence-electron chi connectivity index (χ0n) is 18.2. The maximum atomic E-state index is 12.1. The molecule has 0 N–H and O–H groups in total. The van der Waals surface area contributed by atoms with E-state index in [4.69, 9.17) is 21.3 Å². The number of likely N-dealkylation sites (tertiary alicyclic amines) is 1. The summed E-state index contributed by atoms with van der Waals surface area (Å²) in [4.78, 5) is 18.7. The van der Waals surface area contributed by atoms with Crippen molar-refractivity contribution in [2.24, 2.45) is 4.99 Å². The highest BCUT2D eigenvalue weighted by atomic mass is 35.5. The summed E-state index contributed by atoms with van der Waals surface area (Å²) >= 11 is 6.30. The average molecular weight is 427 g/mol. The monoisotopic (exact) mass is 426 g/mol. The average Bonchev–Trinajstić information content (AvgIpc) is 3.08. The zero-order valence-corrected chi connectivity index (χ0v) is 19.0. The second-order valence-electron chi connectivity index (χ2n) is 7.29. The molecule has 4 nitrogen and oxygen atoms in total. The Labute approximate surface area is 185 Å². The predicted octanol–water partition coefficient (Wildman–Crippen LogP) is 6.60. The predicted molar refractivity (Wildman–Crippen MR) is 125 cm³/mol. The van der Waals surface area contributed by atoms with Crippen LogP contribution in [0.1, 0.15) is 57.6 Å². The van der Waals surface area contributed by atoms with E-state index in [0.717, 1.165) is 42.8 Å². The number of hydrogen-bond acceptors (Lipinski definition) is 3. The van der Waals surface area contributed by atoms with Crippen LogP contribution in [0.2, 0.25) is 5.02 Å². The molecule has 3 aliphatic rings. The van der Waals surface area contributed by atoms with Gasteiger partial charge in [0.15, 0.2) is 0 Å². The van der Waals surface area contributed by atoms with Gasteiger partial charge in [0.2, 0.25) is 0 Å². The van der Waals surface area contributed by atoms with E-state index in [1.807, 2.05) is 33.0 Å². The fourth-order valence-corrected chi connectivity index (χ4v) is 4.41. The molecular formula is C25H31ClN2O2. The van der Waals surface area contributed by atoms with E-state index < -0.39 is 0 Å². The van der Waals surface area contributed by atoms with Crippen LogP contribution in [0, 0.1) is 0 Å². The number of aryl methyl sites for hydroxylation is 1. The molecule has 5 heteroatoms. The fraction of sp³-hybridized carbons (Fsp3) is 0.440. The van der Waals surface area contributed by atoms with Gasteiger partial charge in [0, 0.05) is 29.9 Å².